The maximum atomic E-state index is 11.9. The van der Waals surface area contributed by atoms with Gasteiger partial charge in [-0.25, -0.2) is 0 Å². The number of alkyl halides is 3. The Kier molecular flexibility index (Phi) is 4.77. The molecule has 110 valence electrons. The van der Waals surface area contributed by atoms with E-state index in [-0.39, 0.29) is 16.3 Å². The molecule has 1 aromatic rings. The standard InChI is InChI=1S/C10H9ClF3N3O3/c11-6-3-5(4-7(8(6)15)17(19)20)9(18)16-2-1-10(12,13)14/h3-4H,1-2,15H2,(H,16,18). The van der Waals surface area contributed by atoms with Crippen molar-refractivity contribution in [1.29, 1.82) is 0 Å². The summed E-state index contributed by atoms with van der Waals surface area (Å²) in [6.45, 7) is -0.641. The second-order valence-corrected chi connectivity index (χ2v) is 4.18. The van der Waals surface area contributed by atoms with E-state index in [9.17, 15) is 28.1 Å². The molecule has 0 aromatic heterocycles. The highest BCUT2D eigenvalue weighted by atomic mass is 35.5. The molecule has 0 saturated heterocycles. The molecule has 10 heteroatoms. The number of nitrogens with one attached hydrogen (secondary N) is 1. The fourth-order valence-electron chi connectivity index (χ4n) is 1.31. The smallest absolute Gasteiger partial charge is 0.390 e. The van der Waals surface area contributed by atoms with Crippen LogP contribution < -0.4 is 11.1 Å². The maximum absolute atomic E-state index is 11.9. The van der Waals surface area contributed by atoms with E-state index in [1.807, 2.05) is 5.32 Å². The van der Waals surface area contributed by atoms with Gasteiger partial charge in [-0.05, 0) is 6.07 Å². The second-order valence-electron chi connectivity index (χ2n) is 3.77. The molecule has 1 rings (SSSR count). The highest BCUT2D eigenvalue weighted by Crippen LogP contribution is 2.30. The molecule has 0 saturated carbocycles. The number of carbonyl (C=O) groups is 1. The van der Waals surface area contributed by atoms with E-state index in [4.69, 9.17) is 17.3 Å². The molecule has 0 atom stereocenters. The van der Waals surface area contributed by atoms with Crippen molar-refractivity contribution in [2.75, 3.05) is 12.3 Å². The molecule has 0 spiro atoms. The number of nitrogens with two attached hydrogens (primary N) is 1. The van der Waals surface area contributed by atoms with Gasteiger partial charge in [0.05, 0.1) is 16.4 Å². The maximum Gasteiger partial charge on any atom is 0.390 e. The number of nitrogens with zero attached hydrogens (tertiary/aromatic N) is 1. The van der Waals surface area contributed by atoms with Crippen LogP contribution in [0, 0.1) is 10.1 Å². The lowest BCUT2D eigenvalue weighted by atomic mass is 10.1. The fraction of sp³-hybridized carbons (Fsp3) is 0.300. The van der Waals surface area contributed by atoms with Crippen LogP contribution in [0.2, 0.25) is 5.02 Å². The first-order valence-corrected chi connectivity index (χ1v) is 5.58. The molecule has 6 nitrogen and oxygen atoms in total. The van der Waals surface area contributed by atoms with Gasteiger partial charge in [0.15, 0.2) is 0 Å². The third kappa shape index (κ3) is 4.26. The van der Waals surface area contributed by atoms with Crippen molar-refractivity contribution in [2.45, 2.75) is 12.6 Å². The fourth-order valence-corrected chi connectivity index (χ4v) is 1.52. The summed E-state index contributed by atoms with van der Waals surface area (Å²) in [7, 11) is 0. The zero-order chi connectivity index (χ0) is 15.5. The van der Waals surface area contributed by atoms with Gasteiger partial charge in [-0.15, -0.1) is 0 Å². The average molecular weight is 312 g/mol. The van der Waals surface area contributed by atoms with Crippen molar-refractivity contribution in [3.8, 4) is 0 Å². The molecular weight excluding hydrogens is 303 g/mol. The molecule has 0 bridgehead atoms. The summed E-state index contributed by atoms with van der Waals surface area (Å²) in [5.74, 6) is -0.903. The van der Waals surface area contributed by atoms with Crippen LogP contribution in [-0.2, 0) is 0 Å². The van der Waals surface area contributed by atoms with Crippen LogP contribution in [0.5, 0.6) is 0 Å². The first-order chi connectivity index (χ1) is 9.11. The number of nitro benzene ring substituents is 1. The Labute approximate surface area is 115 Å². The third-order valence-electron chi connectivity index (χ3n) is 2.26. The van der Waals surface area contributed by atoms with Crippen molar-refractivity contribution in [3.63, 3.8) is 0 Å². The number of amides is 1. The van der Waals surface area contributed by atoms with Crippen LogP contribution in [0.1, 0.15) is 16.8 Å². The van der Waals surface area contributed by atoms with Crippen LogP contribution in [0.15, 0.2) is 12.1 Å². The Morgan fingerprint density at radius 2 is 2.05 bits per heavy atom. The molecule has 0 aliphatic heterocycles. The van der Waals surface area contributed by atoms with Crippen molar-refractivity contribution < 1.29 is 22.9 Å². The summed E-state index contributed by atoms with van der Waals surface area (Å²) in [6.07, 6.45) is -5.61. The van der Waals surface area contributed by atoms with Crippen LogP contribution in [0.4, 0.5) is 24.5 Å². The Bertz CT molecular complexity index is 549. The van der Waals surface area contributed by atoms with Gasteiger partial charge in [0.2, 0.25) is 0 Å². The highest BCUT2D eigenvalue weighted by molar-refractivity contribution is 6.34. The molecule has 0 heterocycles. The zero-order valence-electron chi connectivity index (χ0n) is 9.83. The minimum Gasteiger partial charge on any atom is -0.392 e. The molecule has 0 aliphatic rings. The van der Waals surface area contributed by atoms with E-state index in [0.717, 1.165) is 12.1 Å². The van der Waals surface area contributed by atoms with E-state index in [0.29, 0.717) is 0 Å². The summed E-state index contributed by atoms with van der Waals surface area (Å²) >= 11 is 5.62. The van der Waals surface area contributed by atoms with Crippen molar-refractivity contribution in [3.05, 3.63) is 32.8 Å². The van der Waals surface area contributed by atoms with E-state index in [1.165, 1.54) is 0 Å². The Morgan fingerprint density at radius 3 is 2.55 bits per heavy atom. The molecule has 0 unspecified atom stereocenters. The predicted molar refractivity (Wildman–Crippen MR) is 65.5 cm³/mol. The summed E-state index contributed by atoms with van der Waals surface area (Å²) in [5, 5.41) is 12.4. The number of benzene rings is 1. The van der Waals surface area contributed by atoms with E-state index < -0.39 is 35.7 Å². The van der Waals surface area contributed by atoms with Gasteiger partial charge >= 0.3 is 6.18 Å². The Morgan fingerprint density at radius 1 is 1.45 bits per heavy atom. The number of hydrogen-bond donors (Lipinski definition) is 2. The summed E-state index contributed by atoms with van der Waals surface area (Å²) in [6, 6.07) is 1.90. The Hall–Kier alpha value is -2.03. The minimum absolute atomic E-state index is 0.222. The van der Waals surface area contributed by atoms with Gasteiger partial charge < -0.3 is 11.1 Å². The average Bonchev–Trinajstić information content (AvgIpc) is 2.30. The number of nitro groups is 1. The predicted octanol–water partition coefficient (Wildman–Crippen LogP) is 2.51. The van der Waals surface area contributed by atoms with Crippen molar-refractivity contribution >= 4 is 28.9 Å². The quantitative estimate of drug-likeness (QED) is 0.507. The van der Waals surface area contributed by atoms with Crippen LogP contribution in [-0.4, -0.2) is 23.6 Å². The van der Waals surface area contributed by atoms with Gasteiger partial charge in [-0.1, -0.05) is 11.6 Å². The van der Waals surface area contributed by atoms with Gasteiger partial charge in [0.25, 0.3) is 11.6 Å². The molecule has 3 N–H and O–H groups in total. The summed E-state index contributed by atoms with van der Waals surface area (Å²) in [4.78, 5) is 21.4. The number of anilines is 1. The lowest BCUT2D eigenvalue weighted by Gasteiger charge is -2.09. The van der Waals surface area contributed by atoms with Gasteiger partial charge in [-0.3, -0.25) is 14.9 Å². The largest absolute Gasteiger partial charge is 0.392 e. The molecule has 20 heavy (non-hydrogen) atoms. The lowest BCUT2D eigenvalue weighted by Crippen LogP contribution is -2.28. The van der Waals surface area contributed by atoms with Crippen LogP contribution in [0.25, 0.3) is 0 Å². The van der Waals surface area contributed by atoms with Crippen molar-refractivity contribution in [1.82, 2.24) is 5.32 Å². The lowest BCUT2D eigenvalue weighted by molar-refractivity contribution is -0.383. The normalized spacial score (nSPS) is 11.2. The number of hydrogen-bond acceptors (Lipinski definition) is 4. The number of carbonyl (C=O) groups excluding carboxylic acids is 1. The highest BCUT2D eigenvalue weighted by Gasteiger charge is 2.27. The third-order valence-corrected chi connectivity index (χ3v) is 2.57. The second kappa shape index (κ2) is 5.95. The van der Waals surface area contributed by atoms with Crippen LogP contribution >= 0.6 is 11.6 Å². The number of nitrogen functional groups attached to an aromatic ring is 1. The molecule has 0 aliphatic carbocycles. The summed E-state index contributed by atoms with van der Waals surface area (Å²) in [5.41, 5.74) is 4.22. The number of halogens is 4. The van der Waals surface area contributed by atoms with Crippen molar-refractivity contribution in [2.24, 2.45) is 0 Å². The van der Waals surface area contributed by atoms with Crippen LogP contribution in [0.3, 0.4) is 0 Å². The molecule has 0 fully saturated rings. The topological polar surface area (TPSA) is 98.3 Å². The zero-order valence-corrected chi connectivity index (χ0v) is 10.6. The molecule has 0 radical (unpaired) electrons. The van der Waals surface area contributed by atoms with E-state index in [1.54, 1.807) is 0 Å². The monoisotopic (exact) mass is 311 g/mol. The van der Waals surface area contributed by atoms with Gasteiger partial charge in [0.1, 0.15) is 5.69 Å². The number of rotatable bonds is 4. The molecule has 1 aromatic carbocycles. The molecule has 1 amide bonds. The first-order valence-electron chi connectivity index (χ1n) is 5.20. The minimum atomic E-state index is -4.40. The Balaban J connectivity index is 2.86. The SMILES string of the molecule is Nc1c(Cl)cc(C(=O)NCCC(F)(F)F)cc1[N+](=O)[O-]. The van der Waals surface area contributed by atoms with Gasteiger partial charge in [0, 0.05) is 18.2 Å². The molecular formula is C10H9ClF3N3O3. The van der Waals surface area contributed by atoms with E-state index in [2.05, 4.69) is 0 Å². The first kappa shape index (κ1) is 16.0. The van der Waals surface area contributed by atoms with Gasteiger partial charge in [-0.2, -0.15) is 13.2 Å². The summed E-state index contributed by atoms with van der Waals surface area (Å²) < 4.78 is 35.8. The van der Waals surface area contributed by atoms with E-state index >= 15 is 0 Å².